The van der Waals surface area contributed by atoms with Gasteiger partial charge >= 0.3 is 33.6 Å². The molecule has 0 amide bonds. The van der Waals surface area contributed by atoms with Crippen LogP contribution in [0.15, 0.2) is 158 Å². The second-order valence-electron chi connectivity index (χ2n) is 26.1. The molecule has 16 nitrogen and oxygen atoms in total. The van der Waals surface area contributed by atoms with E-state index in [1.165, 1.54) is 70.6 Å². The summed E-state index contributed by atoms with van der Waals surface area (Å²) in [5.74, 6) is -1.62. The van der Waals surface area contributed by atoms with Crippen LogP contribution in [-0.2, 0) is 55.8 Å². The Hall–Kier alpha value is -4.83. The van der Waals surface area contributed by atoms with E-state index < -0.39 is 91.5 Å². The van der Waals surface area contributed by atoms with Crippen molar-refractivity contribution in [1.82, 2.24) is 0 Å². The quantitative estimate of drug-likeness (QED) is 0.0146. The first-order valence-electron chi connectivity index (χ1n) is 39.8. The molecule has 0 aromatic rings. The van der Waals surface area contributed by atoms with Crippen molar-refractivity contribution in [3.05, 3.63) is 158 Å². The number of ether oxygens (including phenoxy) is 3. The van der Waals surface area contributed by atoms with Crippen molar-refractivity contribution in [2.45, 2.75) is 322 Å². The molecule has 5 atom stereocenters. The van der Waals surface area contributed by atoms with E-state index in [4.69, 9.17) is 32.3 Å². The SMILES string of the molecule is CC/C=C\C/C=C\C/C=C\C/C=C\C/C=C\CCCCCCCCCC(=O)OCC(COP(=O)(O)OCC(O)COP(=O)(O)OCC(O)COC(=O)CCCCCCCCCCCCC/C=C\C/C=C\C/C=C\C/C=C\CCCCC)OC(=O)CCCCCC/C=C\C/C=C\C/C=C\C/C=C\CC. The molecule has 0 spiro atoms. The average Bonchev–Trinajstić information content (AvgIpc) is 0.918. The lowest BCUT2D eigenvalue weighted by Crippen LogP contribution is -2.30. The summed E-state index contributed by atoms with van der Waals surface area (Å²) in [4.78, 5) is 58.7. The fourth-order valence-electron chi connectivity index (χ4n) is 10.2. The average molecular weight is 1480 g/mol. The maximum Gasteiger partial charge on any atom is 0.472 e. The first-order valence-corrected chi connectivity index (χ1v) is 42.8. The molecule has 0 radical (unpaired) electrons. The lowest BCUT2D eigenvalue weighted by molar-refractivity contribution is -0.161. The Kier molecular flexibility index (Phi) is 73.2. The molecule has 0 aliphatic carbocycles. The second kappa shape index (κ2) is 76.8. The predicted octanol–water partition coefficient (Wildman–Crippen LogP) is 23.4. The van der Waals surface area contributed by atoms with Gasteiger partial charge in [-0.3, -0.25) is 32.5 Å². The molecule has 0 rings (SSSR count). The Bertz CT molecular complexity index is 2500. The summed E-state index contributed by atoms with van der Waals surface area (Å²) in [6.07, 6.45) is 95.7. The number of carbonyl (C=O) groups is 3. The van der Waals surface area contributed by atoms with E-state index in [9.17, 15) is 43.5 Å². The molecule has 0 saturated heterocycles. The van der Waals surface area contributed by atoms with Crippen LogP contribution >= 0.6 is 15.6 Å². The van der Waals surface area contributed by atoms with Gasteiger partial charge in [-0.25, -0.2) is 9.13 Å². The number of phosphoric acid groups is 2. The third-order valence-electron chi connectivity index (χ3n) is 16.2. The van der Waals surface area contributed by atoms with Gasteiger partial charge in [-0.1, -0.05) is 294 Å². The summed E-state index contributed by atoms with van der Waals surface area (Å²) < 4.78 is 61.2. The maximum atomic E-state index is 13.0. The zero-order valence-electron chi connectivity index (χ0n) is 64.2. The second-order valence-corrected chi connectivity index (χ2v) is 29.0. The number of hydrogen-bond acceptors (Lipinski definition) is 14. The molecular weight excluding hydrogens is 1340 g/mol. The van der Waals surface area contributed by atoms with Gasteiger partial charge in [-0.05, 0) is 148 Å². The molecule has 588 valence electrons. The topological polar surface area (TPSA) is 231 Å². The molecule has 0 bridgehead atoms. The molecule has 103 heavy (non-hydrogen) atoms. The van der Waals surface area contributed by atoms with Crippen molar-refractivity contribution in [2.24, 2.45) is 0 Å². The molecular formula is C85H142O16P2. The van der Waals surface area contributed by atoms with Gasteiger partial charge in [-0.15, -0.1) is 0 Å². The number of allylic oxidation sites excluding steroid dienone is 26. The summed E-state index contributed by atoms with van der Waals surface area (Å²) in [6, 6.07) is 0. The van der Waals surface area contributed by atoms with E-state index >= 15 is 0 Å². The standard InChI is InChI=1S/C85H142O16P2/c1-4-7-10-13-16-19-22-25-28-31-33-35-37-38-39-40-42-44-45-48-50-53-56-59-62-65-68-71-83(88)95-74-80(86)75-97-102(91,92)98-76-81(87)77-99-103(93,94)100-79-82(101-85(90)73-70-67-64-61-58-55-52-47-30-27-24-21-18-15-12-9-6-3)78-96-84(89)72-69-66-63-60-57-54-51-49-46-43-41-36-34-32-29-26-23-20-17-14-11-8-5-2/h8-9,11-12,16-21,25-30,33-36,38-39,43,46,52,55,80-82,86-87H,4-7,10,13-15,22-24,31-32,37,40-42,44-45,47-51,53-54,56-79H2,1-3H3,(H,91,92)(H,93,94)/b11-8-,12-9-,19-16-,20-17-,21-18-,28-25-,29-26-,30-27-,35-33-,36-34-,39-38-,46-43-,55-52-. The Balaban J connectivity index is 4.64. The lowest BCUT2D eigenvalue weighted by Gasteiger charge is -2.21. The minimum atomic E-state index is -4.95. The monoisotopic (exact) mass is 1480 g/mol. The molecule has 4 N–H and O–H groups in total. The minimum Gasteiger partial charge on any atom is -0.463 e. The van der Waals surface area contributed by atoms with Crippen LogP contribution in [0.1, 0.15) is 303 Å². The van der Waals surface area contributed by atoms with Crippen molar-refractivity contribution in [2.75, 3.05) is 39.6 Å². The van der Waals surface area contributed by atoms with Gasteiger partial charge in [0.2, 0.25) is 0 Å². The summed E-state index contributed by atoms with van der Waals surface area (Å²) in [6.45, 7) is 2.38. The number of phosphoric ester groups is 2. The Labute approximate surface area is 625 Å². The predicted molar refractivity (Wildman–Crippen MR) is 426 cm³/mol. The van der Waals surface area contributed by atoms with Gasteiger partial charge in [0.05, 0.1) is 26.4 Å². The lowest BCUT2D eigenvalue weighted by atomic mass is 10.0. The van der Waals surface area contributed by atoms with Crippen molar-refractivity contribution < 1.29 is 75.8 Å². The largest absolute Gasteiger partial charge is 0.472 e. The van der Waals surface area contributed by atoms with Crippen molar-refractivity contribution in [3.63, 3.8) is 0 Å². The molecule has 5 unspecified atom stereocenters. The van der Waals surface area contributed by atoms with Gasteiger partial charge in [0.1, 0.15) is 25.4 Å². The number of esters is 3. The zero-order valence-corrected chi connectivity index (χ0v) is 66.0. The first kappa shape index (κ1) is 98.2. The summed E-state index contributed by atoms with van der Waals surface area (Å²) in [7, 11) is -9.81. The van der Waals surface area contributed by atoms with Crippen LogP contribution in [0.5, 0.6) is 0 Å². The van der Waals surface area contributed by atoms with E-state index in [-0.39, 0.29) is 19.3 Å². The Morgan fingerprint density at radius 1 is 0.282 bits per heavy atom. The van der Waals surface area contributed by atoms with Crippen molar-refractivity contribution >= 4 is 33.6 Å². The van der Waals surface area contributed by atoms with E-state index in [2.05, 4.69) is 179 Å². The number of rotatable bonds is 74. The normalized spacial score (nSPS) is 14.8. The number of carbonyl (C=O) groups excluding carboxylic acids is 3. The maximum absolute atomic E-state index is 13.0. The summed E-state index contributed by atoms with van der Waals surface area (Å²) in [5.41, 5.74) is 0. The Morgan fingerprint density at radius 2 is 0.515 bits per heavy atom. The molecule has 0 aromatic carbocycles. The van der Waals surface area contributed by atoms with Crippen LogP contribution in [0.2, 0.25) is 0 Å². The number of unbranched alkanes of at least 4 members (excludes halogenated alkanes) is 25. The molecule has 0 aromatic heterocycles. The van der Waals surface area contributed by atoms with Crippen LogP contribution in [0.4, 0.5) is 0 Å². The van der Waals surface area contributed by atoms with Gasteiger partial charge < -0.3 is 34.2 Å². The third kappa shape index (κ3) is 78.1. The highest BCUT2D eigenvalue weighted by Gasteiger charge is 2.29. The van der Waals surface area contributed by atoms with E-state index in [0.29, 0.717) is 19.3 Å². The van der Waals surface area contributed by atoms with E-state index in [1.54, 1.807) is 0 Å². The third-order valence-corrected chi connectivity index (χ3v) is 18.1. The van der Waals surface area contributed by atoms with Crippen LogP contribution in [0, 0.1) is 0 Å². The van der Waals surface area contributed by atoms with Crippen LogP contribution < -0.4 is 0 Å². The fourth-order valence-corrected chi connectivity index (χ4v) is 11.8. The van der Waals surface area contributed by atoms with Gasteiger partial charge in [0, 0.05) is 19.3 Å². The molecule has 0 aliphatic heterocycles. The highest BCUT2D eigenvalue weighted by atomic mass is 31.2. The van der Waals surface area contributed by atoms with Crippen LogP contribution in [-0.4, -0.2) is 95.9 Å². The smallest absolute Gasteiger partial charge is 0.463 e. The van der Waals surface area contributed by atoms with Gasteiger partial charge in [0.15, 0.2) is 6.10 Å². The molecule has 0 heterocycles. The van der Waals surface area contributed by atoms with Gasteiger partial charge in [0.25, 0.3) is 0 Å². The molecule has 18 heteroatoms. The minimum absolute atomic E-state index is 0.0685. The van der Waals surface area contributed by atoms with E-state index in [1.807, 2.05) is 0 Å². The number of aliphatic hydroxyl groups excluding tert-OH is 2. The van der Waals surface area contributed by atoms with Crippen molar-refractivity contribution in [3.8, 4) is 0 Å². The zero-order chi connectivity index (χ0) is 75.2. The summed E-state index contributed by atoms with van der Waals surface area (Å²) >= 11 is 0. The highest BCUT2D eigenvalue weighted by molar-refractivity contribution is 7.47. The fraction of sp³-hybridized carbons (Fsp3) is 0.659. The van der Waals surface area contributed by atoms with Crippen LogP contribution in [0.25, 0.3) is 0 Å². The number of aliphatic hydroxyl groups is 2. The number of hydrogen-bond donors (Lipinski definition) is 4. The van der Waals surface area contributed by atoms with E-state index in [0.717, 1.165) is 173 Å². The molecule has 0 aliphatic rings. The highest BCUT2D eigenvalue weighted by Crippen LogP contribution is 2.45. The summed E-state index contributed by atoms with van der Waals surface area (Å²) in [5, 5.41) is 20.6. The van der Waals surface area contributed by atoms with Crippen molar-refractivity contribution in [1.29, 1.82) is 0 Å². The molecule has 0 saturated carbocycles. The van der Waals surface area contributed by atoms with Crippen LogP contribution in [0.3, 0.4) is 0 Å². The van der Waals surface area contributed by atoms with Gasteiger partial charge in [-0.2, -0.15) is 0 Å². The Morgan fingerprint density at radius 3 is 0.816 bits per heavy atom. The molecule has 0 fully saturated rings. The first-order chi connectivity index (χ1) is 50.2.